The number of fused-ring (bicyclic) bond motifs is 5. The first-order valence-corrected chi connectivity index (χ1v) is 17.2. The number of nitrogens with one attached hydrogen (secondary N) is 1. The highest BCUT2D eigenvalue weighted by molar-refractivity contribution is 6.35. The zero-order valence-electron chi connectivity index (χ0n) is 30.2. The summed E-state index contributed by atoms with van der Waals surface area (Å²) in [5.41, 5.74) is -0.652. The minimum Gasteiger partial charge on any atom is -0.495 e. The van der Waals surface area contributed by atoms with Crippen LogP contribution in [0.25, 0.3) is 0 Å². The maximum Gasteiger partial charge on any atom is 0.409 e. The largest absolute Gasteiger partial charge is 0.495 e. The average molecular weight is 706 g/mol. The van der Waals surface area contributed by atoms with Crippen LogP contribution in [0.3, 0.4) is 0 Å². The summed E-state index contributed by atoms with van der Waals surface area (Å²) in [5, 5.41) is 14.5. The van der Waals surface area contributed by atoms with Crippen LogP contribution in [0.15, 0.2) is 35.9 Å². The van der Waals surface area contributed by atoms with Gasteiger partial charge in [0.2, 0.25) is 5.91 Å². The van der Waals surface area contributed by atoms with Crippen LogP contribution in [0.4, 0.5) is 10.5 Å². The Kier molecular flexibility index (Phi) is 12.1. The van der Waals surface area contributed by atoms with Crippen LogP contribution in [-0.2, 0) is 35.0 Å². The van der Waals surface area contributed by atoms with Crippen LogP contribution in [0.2, 0.25) is 5.02 Å². The molecule has 1 aromatic carbocycles. The number of benzene rings is 1. The summed E-state index contributed by atoms with van der Waals surface area (Å²) in [4.78, 5) is 43.9. The van der Waals surface area contributed by atoms with Crippen molar-refractivity contribution >= 4 is 35.3 Å². The van der Waals surface area contributed by atoms with E-state index in [1.165, 1.54) is 19.1 Å². The smallest absolute Gasteiger partial charge is 0.409 e. The molecular weight excluding hydrogens is 654 g/mol. The standard InChI is InChI=1S/C36H52ClN3O9/c1-11-21(3)39(7)23(5)33(42)48-29-18-30(41)40(8)25-16-24(17-26(45-9)31(25)37)15-20(2)13-12-14-28(46-10)36(44)19-27(47-34(43)38-36)22(4)32-35(29,6)49-32/h12-14,16-17,21-23,27-29,32,44H,11,15,18-19H2,1-10H3,(H,38,43)/b14-12+,20-13+. The van der Waals surface area contributed by atoms with Crippen molar-refractivity contribution < 1.29 is 43.2 Å². The van der Waals surface area contributed by atoms with Crippen molar-refractivity contribution in [3.8, 4) is 5.75 Å². The van der Waals surface area contributed by atoms with Gasteiger partial charge in [-0.15, -0.1) is 0 Å². The Morgan fingerprint density at radius 2 is 1.96 bits per heavy atom. The first kappa shape index (κ1) is 38.6. The van der Waals surface area contributed by atoms with E-state index < -0.39 is 59.8 Å². The van der Waals surface area contributed by atoms with Crippen LogP contribution in [0.1, 0.15) is 66.4 Å². The van der Waals surface area contributed by atoms with E-state index in [1.54, 1.807) is 33.0 Å². The molecule has 4 bridgehead atoms. The summed E-state index contributed by atoms with van der Waals surface area (Å²) in [5.74, 6) is -0.906. The number of methoxy groups -OCH3 is 2. The Balaban J connectivity index is 1.79. The van der Waals surface area contributed by atoms with Gasteiger partial charge in [-0.3, -0.25) is 19.8 Å². The van der Waals surface area contributed by atoms with Crippen LogP contribution < -0.4 is 15.0 Å². The normalized spacial score (nSPS) is 33.7. The number of allylic oxidation sites excluding steroid dienone is 3. The first-order chi connectivity index (χ1) is 23.0. The lowest BCUT2D eigenvalue weighted by atomic mass is 9.83. The number of halogens is 1. The van der Waals surface area contributed by atoms with Crippen LogP contribution in [0.5, 0.6) is 5.75 Å². The Hall–Kier alpha value is -3.16. The molecule has 9 atom stereocenters. The van der Waals surface area contributed by atoms with Crippen molar-refractivity contribution in [2.24, 2.45) is 5.92 Å². The van der Waals surface area contributed by atoms with E-state index in [4.69, 9.17) is 35.3 Å². The second-order valence-electron chi connectivity index (χ2n) is 13.8. The summed E-state index contributed by atoms with van der Waals surface area (Å²) in [7, 11) is 6.44. The molecule has 0 aromatic heterocycles. The molecule has 0 spiro atoms. The number of alkyl carbamates (subject to hydrolysis) is 1. The molecule has 9 unspecified atom stereocenters. The van der Waals surface area contributed by atoms with Gasteiger partial charge in [0, 0.05) is 32.5 Å². The van der Waals surface area contributed by atoms with Crippen molar-refractivity contribution in [1.29, 1.82) is 0 Å². The molecule has 12 nitrogen and oxygen atoms in total. The minimum atomic E-state index is -1.78. The van der Waals surface area contributed by atoms with E-state index in [1.807, 2.05) is 57.9 Å². The lowest BCUT2D eigenvalue weighted by Gasteiger charge is -2.42. The summed E-state index contributed by atoms with van der Waals surface area (Å²) in [6, 6.07) is 3.17. The average Bonchev–Trinajstić information content (AvgIpc) is 3.76. The molecule has 49 heavy (non-hydrogen) atoms. The van der Waals surface area contributed by atoms with E-state index >= 15 is 0 Å². The number of carbonyl (C=O) groups excluding carboxylic acids is 3. The summed E-state index contributed by atoms with van der Waals surface area (Å²) in [6.07, 6.45) is 2.36. The van der Waals surface area contributed by atoms with E-state index in [-0.39, 0.29) is 29.8 Å². The van der Waals surface area contributed by atoms with Crippen molar-refractivity contribution in [2.45, 2.75) is 115 Å². The van der Waals surface area contributed by atoms with Gasteiger partial charge in [0.05, 0.1) is 25.3 Å². The van der Waals surface area contributed by atoms with Gasteiger partial charge in [-0.05, 0) is 65.3 Å². The molecule has 2 amide bonds. The summed E-state index contributed by atoms with van der Waals surface area (Å²) < 4.78 is 29.3. The number of aliphatic hydroxyl groups is 1. The van der Waals surface area contributed by atoms with Crippen molar-refractivity contribution in [2.75, 3.05) is 33.2 Å². The summed E-state index contributed by atoms with van der Waals surface area (Å²) in [6.45, 7) is 11.4. The van der Waals surface area contributed by atoms with Gasteiger partial charge in [0.1, 0.15) is 40.7 Å². The molecule has 0 saturated carbocycles. The second kappa shape index (κ2) is 15.4. The Labute approximate surface area is 294 Å². The number of amides is 2. The third-order valence-corrected chi connectivity index (χ3v) is 10.8. The fourth-order valence-electron chi connectivity index (χ4n) is 6.68. The Morgan fingerprint density at radius 1 is 1.27 bits per heavy atom. The van der Waals surface area contributed by atoms with Crippen molar-refractivity contribution in [1.82, 2.24) is 10.2 Å². The molecule has 2 saturated heterocycles. The fourth-order valence-corrected chi connectivity index (χ4v) is 6.99. The fraction of sp³-hybridized carbons (Fsp3) is 0.639. The SMILES string of the molecule is CCC(C)N(C)C(C)C(=O)OC1CC(=O)N(C)c2cc(cc(OC)c2Cl)C/C(C)=C/C=C/C(OC)C2(O)CC(OC(=O)N2)C(C)C2OC12C. The number of carbonyl (C=O) groups is 3. The zero-order chi connectivity index (χ0) is 36.4. The zero-order valence-corrected chi connectivity index (χ0v) is 31.0. The van der Waals surface area contributed by atoms with Gasteiger partial charge in [0.15, 0.2) is 5.72 Å². The van der Waals surface area contributed by atoms with Gasteiger partial charge in [-0.1, -0.05) is 49.2 Å². The molecule has 13 heteroatoms. The number of anilines is 1. The van der Waals surface area contributed by atoms with Crippen molar-refractivity contribution in [3.05, 3.63) is 46.5 Å². The Bertz CT molecular complexity index is 1470. The van der Waals surface area contributed by atoms with E-state index in [0.717, 1.165) is 17.6 Å². The molecule has 0 aliphatic carbocycles. The minimum absolute atomic E-state index is 0.00558. The van der Waals surface area contributed by atoms with Crippen LogP contribution in [0, 0.1) is 5.92 Å². The number of ether oxygens (including phenoxy) is 5. The predicted octanol–water partition coefficient (Wildman–Crippen LogP) is 4.79. The third-order valence-electron chi connectivity index (χ3n) is 10.4. The predicted molar refractivity (Wildman–Crippen MR) is 186 cm³/mol. The van der Waals surface area contributed by atoms with Gasteiger partial charge in [-0.25, -0.2) is 4.79 Å². The molecule has 3 aliphatic heterocycles. The molecule has 3 aliphatic rings. The molecule has 3 heterocycles. The number of hydrogen-bond donors (Lipinski definition) is 2. The van der Waals surface area contributed by atoms with Gasteiger partial charge in [0.25, 0.3) is 0 Å². The third kappa shape index (κ3) is 8.26. The van der Waals surface area contributed by atoms with E-state index in [2.05, 4.69) is 5.32 Å². The molecule has 272 valence electrons. The first-order valence-electron chi connectivity index (χ1n) is 16.8. The molecular formula is C36H52ClN3O9. The molecule has 2 N–H and O–H groups in total. The number of likely N-dealkylation sites (N-methyl/N-ethyl adjacent to an activating group) is 1. The quantitative estimate of drug-likeness (QED) is 0.301. The van der Waals surface area contributed by atoms with Crippen LogP contribution in [-0.4, -0.2) is 104 Å². The highest BCUT2D eigenvalue weighted by Gasteiger charge is 2.64. The molecule has 4 rings (SSSR count). The highest BCUT2D eigenvalue weighted by Crippen LogP contribution is 2.49. The van der Waals surface area contributed by atoms with E-state index in [9.17, 15) is 19.5 Å². The lowest BCUT2D eigenvalue weighted by Crippen LogP contribution is -2.63. The number of nitrogens with zero attached hydrogens (tertiary/aromatic N) is 2. The molecule has 1 aromatic rings. The van der Waals surface area contributed by atoms with Gasteiger partial charge in [-0.2, -0.15) is 0 Å². The second-order valence-corrected chi connectivity index (χ2v) is 14.2. The Morgan fingerprint density at radius 3 is 2.59 bits per heavy atom. The lowest BCUT2D eigenvalue weighted by molar-refractivity contribution is -0.159. The monoisotopic (exact) mass is 705 g/mol. The molecule has 2 fully saturated rings. The maximum absolute atomic E-state index is 14.1. The van der Waals surface area contributed by atoms with Crippen molar-refractivity contribution in [3.63, 3.8) is 0 Å². The topological polar surface area (TPSA) is 139 Å². The number of esters is 1. The van der Waals surface area contributed by atoms with Crippen LogP contribution >= 0.6 is 11.6 Å². The maximum atomic E-state index is 14.1. The van der Waals surface area contributed by atoms with E-state index in [0.29, 0.717) is 17.9 Å². The van der Waals surface area contributed by atoms with Gasteiger partial charge >= 0.3 is 12.1 Å². The van der Waals surface area contributed by atoms with Gasteiger partial charge < -0.3 is 33.7 Å². The molecule has 0 radical (unpaired) electrons. The number of rotatable bonds is 7. The number of hydrogen-bond acceptors (Lipinski definition) is 10. The number of epoxide rings is 1. The summed E-state index contributed by atoms with van der Waals surface area (Å²) >= 11 is 6.76. The highest BCUT2D eigenvalue weighted by atomic mass is 35.5.